The zero-order valence-electron chi connectivity index (χ0n) is 18.7. The largest absolute Gasteiger partial charge is 0.491 e. The SMILES string of the molecule is CCC(C)N(CC(=O)N1CCc2sccc2C1COc1ccccc1C)C(=O)C1CC1. The number of carbonyl (C=O) groups is 2. The molecular formula is C25H32N2O3S. The lowest BCUT2D eigenvalue weighted by atomic mass is 10.00. The Hall–Kier alpha value is -2.34. The molecule has 0 spiro atoms. The predicted molar refractivity (Wildman–Crippen MR) is 123 cm³/mol. The summed E-state index contributed by atoms with van der Waals surface area (Å²) in [7, 11) is 0. The maximum Gasteiger partial charge on any atom is 0.242 e. The molecule has 2 amide bonds. The molecule has 2 atom stereocenters. The molecule has 6 heteroatoms. The summed E-state index contributed by atoms with van der Waals surface area (Å²) in [6.07, 6.45) is 3.61. The molecular weight excluding hydrogens is 408 g/mol. The second kappa shape index (κ2) is 9.43. The van der Waals surface area contributed by atoms with Crippen LogP contribution in [-0.4, -0.2) is 47.4 Å². The fraction of sp³-hybridized carbons (Fsp3) is 0.520. The molecule has 0 N–H and O–H groups in total. The summed E-state index contributed by atoms with van der Waals surface area (Å²) in [6, 6.07) is 10.0. The molecule has 5 nitrogen and oxygen atoms in total. The van der Waals surface area contributed by atoms with Crippen LogP contribution in [0.4, 0.5) is 0 Å². The van der Waals surface area contributed by atoms with Gasteiger partial charge in [-0.25, -0.2) is 0 Å². The van der Waals surface area contributed by atoms with Crippen molar-refractivity contribution in [3.63, 3.8) is 0 Å². The summed E-state index contributed by atoms with van der Waals surface area (Å²) < 4.78 is 6.18. The van der Waals surface area contributed by atoms with Gasteiger partial charge in [0.1, 0.15) is 18.9 Å². The summed E-state index contributed by atoms with van der Waals surface area (Å²) >= 11 is 1.75. The first-order valence-electron chi connectivity index (χ1n) is 11.3. The third kappa shape index (κ3) is 4.79. The second-order valence-corrected chi connectivity index (χ2v) is 9.73. The predicted octanol–water partition coefficient (Wildman–Crippen LogP) is 4.60. The van der Waals surface area contributed by atoms with Gasteiger partial charge in [0.2, 0.25) is 11.8 Å². The molecule has 0 radical (unpaired) electrons. The van der Waals surface area contributed by atoms with E-state index in [1.165, 1.54) is 10.4 Å². The van der Waals surface area contributed by atoms with Crippen LogP contribution in [0.25, 0.3) is 0 Å². The molecule has 0 bridgehead atoms. The Bertz CT molecular complexity index is 936. The highest BCUT2D eigenvalue weighted by Crippen LogP contribution is 2.35. The van der Waals surface area contributed by atoms with E-state index < -0.39 is 0 Å². The number of thiophene rings is 1. The maximum atomic E-state index is 13.5. The highest BCUT2D eigenvalue weighted by molar-refractivity contribution is 7.10. The van der Waals surface area contributed by atoms with Crippen molar-refractivity contribution in [3.05, 3.63) is 51.7 Å². The Morgan fingerprint density at radius 1 is 1.26 bits per heavy atom. The number of fused-ring (bicyclic) bond motifs is 1. The minimum atomic E-state index is -0.128. The van der Waals surface area contributed by atoms with Crippen LogP contribution in [0.5, 0.6) is 5.75 Å². The molecule has 1 saturated carbocycles. The first kappa shape index (κ1) is 21.9. The molecule has 31 heavy (non-hydrogen) atoms. The summed E-state index contributed by atoms with van der Waals surface area (Å²) in [5.74, 6) is 1.13. The minimum absolute atomic E-state index is 0.0181. The number of hydrogen-bond donors (Lipinski definition) is 0. The van der Waals surface area contributed by atoms with Gasteiger partial charge in [0.25, 0.3) is 0 Å². The van der Waals surface area contributed by atoms with Gasteiger partial charge in [0.05, 0.1) is 6.04 Å². The van der Waals surface area contributed by atoms with Crippen LogP contribution in [0.15, 0.2) is 35.7 Å². The lowest BCUT2D eigenvalue weighted by Crippen LogP contribution is -2.50. The minimum Gasteiger partial charge on any atom is -0.491 e. The summed E-state index contributed by atoms with van der Waals surface area (Å²) in [5, 5.41) is 2.10. The van der Waals surface area contributed by atoms with Crippen molar-refractivity contribution in [1.29, 1.82) is 0 Å². The quantitative estimate of drug-likeness (QED) is 0.603. The number of para-hydroxylation sites is 1. The van der Waals surface area contributed by atoms with Crippen molar-refractivity contribution in [3.8, 4) is 5.75 Å². The zero-order valence-corrected chi connectivity index (χ0v) is 19.5. The Morgan fingerprint density at radius 2 is 2.03 bits per heavy atom. The van der Waals surface area contributed by atoms with Crippen LogP contribution in [0.1, 0.15) is 55.2 Å². The topological polar surface area (TPSA) is 49.9 Å². The average Bonchev–Trinajstić information content (AvgIpc) is 3.52. The van der Waals surface area contributed by atoms with Gasteiger partial charge in [0.15, 0.2) is 0 Å². The lowest BCUT2D eigenvalue weighted by Gasteiger charge is -2.38. The van der Waals surface area contributed by atoms with E-state index in [0.717, 1.165) is 37.0 Å². The van der Waals surface area contributed by atoms with E-state index in [-0.39, 0.29) is 36.4 Å². The number of aryl methyl sites for hydroxylation is 1. The molecule has 2 aromatic rings. The summed E-state index contributed by atoms with van der Waals surface area (Å²) in [4.78, 5) is 31.4. The van der Waals surface area contributed by atoms with Crippen LogP contribution >= 0.6 is 11.3 Å². The molecule has 4 rings (SSSR count). The van der Waals surface area contributed by atoms with Gasteiger partial charge in [-0.3, -0.25) is 9.59 Å². The third-order valence-corrected chi connectivity index (χ3v) is 7.54. The van der Waals surface area contributed by atoms with Crippen LogP contribution < -0.4 is 4.74 Å². The van der Waals surface area contributed by atoms with E-state index >= 15 is 0 Å². The van der Waals surface area contributed by atoms with E-state index in [9.17, 15) is 9.59 Å². The van der Waals surface area contributed by atoms with E-state index in [2.05, 4.69) is 18.4 Å². The monoisotopic (exact) mass is 440 g/mol. The van der Waals surface area contributed by atoms with Crippen LogP contribution in [0.3, 0.4) is 0 Å². The molecule has 1 fully saturated rings. The van der Waals surface area contributed by atoms with Crippen molar-refractivity contribution in [2.24, 2.45) is 5.92 Å². The zero-order chi connectivity index (χ0) is 22.0. The number of amides is 2. The van der Waals surface area contributed by atoms with Gasteiger partial charge in [-0.1, -0.05) is 25.1 Å². The standard InChI is InChI=1S/C25H32N2O3S/c1-4-18(3)27(25(29)19-9-10-19)15-24(28)26-13-11-23-20(12-14-31-23)21(26)16-30-22-8-6-5-7-17(22)2/h5-8,12,14,18-19,21H,4,9-11,13,15-16H2,1-3H3. The molecule has 2 unspecified atom stereocenters. The Labute approximate surface area is 189 Å². The summed E-state index contributed by atoms with van der Waals surface area (Å²) in [6.45, 7) is 7.38. The van der Waals surface area contributed by atoms with Crippen LogP contribution in [-0.2, 0) is 16.0 Å². The number of carbonyl (C=O) groups excluding carboxylic acids is 2. The van der Waals surface area contributed by atoms with Crippen molar-refractivity contribution in [2.75, 3.05) is 19.7 Å². The lowest BCUT2D eigenvalue weighted by molar-refractivity contribution is -0.145. The number of nitrogens with zero attached hydrogens (tertiary/aromatic N) is 2. The van der Waals surface area contributed by atoms with Crippen molar-refractivity contribution >= 4 is 23.2 Å². The maximum absolute atomic E-state index is 13.5. The highest BCUT2D eigenvalue weighted by Gasteiger charge is 2.38. The number of rotatable bonds is 8. The van der Waals surface area contributed by atoms with Gasteiger partial charge in [-0.05, 0) is 68.2 Å². The van der Waals surface area contributed by atoms with Gasteiger partial charge in [-0.15, -0.1) is 11.3 Å². The molecule has 166 valence electrons. The fourth-order valence-electron chi connectivity index (χ4n) is 4.23. The first-order valence-corrected chi connectivity index (χ1v) is 12.2. The number of hydrogen-bond acceptors (Lipinski definition) is 4. The van der Waals surface area contributed by atoms with Gasteiger partial charge < -0.3 is 14.5 Å². The Morgan fingerprint density at radius 3 is 2.74 bits per heavy atom. The summed E-state index contributed by atoms with van der Waals surface area (Å²) in [5.41, 5.74) is 2.27. The Balaban J connectivity index is 1.52. The van der Waals surface area contributed by atoms with E-state index in [0.29, 0.717) is 13.2 Å². The van der Waals surface area contributed by atoms with Crippen LogP contribution in [0.2, 0.25) is 0 Å². The van der Waals surface area contributed by atoms with Gasteiger partial charge in [0, 0.05) is 23.4 Å². The van der Waals surface area contributed by atoms with E-state index in [1.807, 2.05) is 47.9 Å². The number of benzene rings is 1. The second-order valence-electron chi connectivity index (χ2n) is 8.73. The average molecular weight is 441 g/mol. The first-order chi connectivity index (χ1) is 15.0. The fourth-order valence-corrected chi connectivity index (χ4v) is 5.16. The smallest absolute Gasteiger partial charge is 0.242 e. The van der Waals surface area contributed by atoms with Crippen molar-refractivity contribution in [1.82, 2.24) is 9.80 Å². The van der Waals surface area contributed by atoms with E-state index in [1.54, 1.807) is 11.3 Å². The van der Waals surface area contributed by atoms with Crippen LogP contribution in [0, 0.1) is 12.8 Å². The molecule has 1 aliphatic carbocycles. The molecule has 1 aliphatic heterocycles. The van der Waals surface area contributed by atoms with Gasteiger partial charge in [-0.2, -0.15) is 0 Å². The molecule has 1 aromatic carbocycles. The molecule has 0 saturated heterocycles. The number of ether oxygens (including phenoxy) is 1. The third-order valence-electron chi connectivity index (χ3n) is 6.54. The molecule has 1 aromatic heterocycles. The molecule has 2 heterocycles. The van der Waals surface area contributed by atoms with Gasteiger partial charge >= 0.3 is 0 Å². The normalized spacial score (nSPS) is 18.9. The Kier molecular flexibility index (Phi) is 6.65. The molecule has 2 aliphatic rings. The van der Waals surface area contributed by atoms with Crippen molar-refractivity contribution in [2.45, 2.75) is 58.5 Å². The van der Waals surface area contributed by atoms with Crippen molar-refractivity contribution < 1.29 is 14.3 Å². The highest BCUT2D eigenvalue weighted by atomic mass is 32.1. The van der Waals surface area contributed by atoms with E-state index in [4.69, 9.17) is 4.74 Å².